The number of benzene rings is 1. The summed E-state index contributed by atoms with van der Waals surface area (Å²) in [7, 11) is -1.64. The summed E-state index contributed by atoms with van der Waals surface area (Å²) in [6.07, 6.45) is 0.646. The standard InChI is InChI=1S/C7H6ClNO2S/c8-6-2-1-5(4-10)3-7(6)12(9)11/h1-4H,9H2. The van der Waals surface area contributed by atoms with E-state index in [1.54, 1.807) is 0 Å². The van der Waals surface area contributed by atoms with Crippen LogP contribution in [0.4, 0.5) is 0 Å². The van der Waals surface area contributed by atoms with Gasteiger partial charge < -0.3 is 0 Å². The second-order valence-corrected chi connectivity index (χ2v) is 3.55. The van der Waals surface area contributed by atoms with Crippen LogP contribution in [0.5, 0.6) is 0 Å². The summed E-state index contributed by atoms with van der Waals surface area (Å²) >= 11 is 5.66. The van der Waals surface area contributed by atoms with Crippen LogP contribution in [0.1, 0.15) is 10.4 Å². The van der Waals surface area contributed by atoms with Crippen LogP contribution in [-0.4, -0.2) is 10.5 Å². The van der Waals surface area contributed by atoms with Crippen LogP contribution in [0.15, 0.2) is 23.1 Å². The van der Waals surface area contributed by atoms with Crippen molar-refractivity contribution in [3.05, 3.63) is 28.8 Å². The molecule has 64 valence electrons. The molecule has 1 unspecified atom stereocenters. The predicted octanol–water partition coefficient (Wildman–Crippen LogP) is 1.13. The van der Waals surface area contributed by atoms with Crippen molar-refractivity contribution in [1.82, 2.24) is 0 Å². The molecule has 0 bridgehead atoms. The lowest BCUT2D eigenvalue weighted by Crippen LogP contribution is -2.03. The van der Waals surface area contributed by atoms with E-state index in [9.17, 15) is 9.00 Å². The van der Waals surface area contributed by atoms with Crippen LogP contribution in [-0.2, 0) is 11.0 Å². The Morgan fingerprint density at radius 2 is 2.17 bits per heavy atom. The van der Waals surface area contributed by atoms with E-state index in [1.807, 2.05) is 0 Å². The molecular weight excluding hydrogens is 198 g/mol. The molecule has 1 aromatic carbocycles. The zero-order chi connectivity index (χ0) is 9.14. The number of carbonyl (C=O) groups excluding carboxylic acids is 1. The van der Waals surface area contributed by atoms with Crippen LogP contribution >= 0.6 is 11.6 Å². The van der Waals surface area contributed by atoms with Gasteiger partial charge in [0.15, 0.2) is 0 Å². The Hall–Kier alpha value is -0.710. The average molecular weight is 204 g/mol. The number of halogens is 1. The van der Waals surface area contributed by atoms with Gasteiger partial charge in [0.1, 0.15) is 17.3 Å². The van der Waals surface area contributed by atoms with E-state index >= 15 is 0 Å². The van der Waals surface area contributed by atoms with Crippen molar-refractivity contribution in [3.8, 4) is 0 Å². The van der Waals surface area contributed by atoms with E-state index in [4.69, 9.17) is 16.7 Å². The highest BCUT2D eigenvalue weighted by Crippen LogP contribution is 2.18. The van der Waals surface area contributed by atoms with Crippen molar-refractivity contribution < 1.29 is 9.00 Å². The van der Waals surface area contributed by atoms with E-state index in [2.05, 4.69) is 0 Å². The summed E-state index contributed by atoms with van der Waals surface area (Å²) < 4.78 is 10.8. The van der Waals surface area contributed by atoms with Crippen LogP contribution in [0.25, 0.3) is 0 Å². The topological polar surface area (TPSA) is 60.2 Å². The van der Waals surface area contributed by atoms with Gasteiger partial charge in [-0.05, 0) is 12.1 Å². The molecule has 3 nitrogen and oxygen atoms in total. The summed E-state index contributed by atoms with van der Waals surface area (Å²) in [5.41, 5.74) is 0.410. The SMILES string of the molecule is NS(=O)c1cc(C=O)ccc1Cl. The lowest BCUT2D eigenvalue weighted by atomic mass is 10.2. The lowest BCUT2D eigenvalue weighted by Gasteiger charge is -1.99. The van der Waals surface area contributed by atoms with Crippen LogP contribution in [0.2, 0.25) is 5.02 Å². The Morgan fingerprint density at radius 3 is 2.67 bits per heavy atom. The zero-order valence-corrected chi connectivity index (χ0v) is 7.56. The van der Waals surface area contributed by atoms with Crippen molar-refractivity contribution in [2.45, 2.75) is 4.90 Å². The zero-order valence-electron chi connectivity index (χ0n) is 5.99. The van der Waals surface area contributed by atoms with Gasteiger partial charge in [0.25, 0.3) is 0 Å². The maximum Gasteiger partial charge on any atom is 0.150 e. The number of aldehydes is 1. The molecule has 0 saturated heterocycles. The molecule has 12 heavy (non-hydrogen) atoms. The highest BCUT2D eigenvalue weighted by atomic mass is 35.5. The first-order valence-corrected chi connectivity index (χ1v) is 4.65. The number of hydrogen-bond donors (Lipinski definition) is 1. The van der Waals surface area contributed by atoms with E-state index in [0.717, 1.165) is 0 Å². The molecule has 0 fully saturated rings. The van der Waals surface area contributed by atoms with E-state index < -0.39 is 11.0 Å². The van der Waals surface area contributed by atoms with Gasteiger partial charge in [-0.3, -0.25) is 4.79 Å². The molecule has 0 spiro atoms. The third-order valence-corrected chi connectivity index (χ3v) is 2.52. The number of rotatable bonds is 2. The van der Waals surface area contributed by atoms with Gasteiger partial charge in [-0.25, -0.2) is 9.35 Å². The Balaban J connectivity index is 3.25. The number of hydrogen-bond acceptors (Lipinski definition) is 2. The van der Waals surface area contributed by atoms with Gasteiger partial charge in [-0.1, -0.05) is 17.7 Å². The van der Waals surface area contributed by atoms with Crippen LogP contribution < -0.4 is 5.14 Å². The minimum atomic E-state index is -1.64. The van der Waals surface area contributed by atoms with E-state index in [0.29, 0.717) is 16.9 Å². The first-order chi connectivity index (χ1) is 5.65. The van der Waals surface area contributed by atoms with Crippen molar-refractivity contribution in [1.29, 1.82) is 0 Å². The lowest BCUT2D eigenvalue weighted by molar-refractivity contribution is 0.112. The fraction of sp³-hybridized carbons (Fsp3) is 0. The molecular formula is C7H6ClNO2S. The summed E-state index contributed by atoms with van der Waals surface area (Å²) in [6.45, 7) is 0. The van der Waals surface area contributed by atoms with Crippen LogP contribution in [0, 0.1) is 0 Å². The first kappa shape index (κ1) is 9.38. The third-order valence-electron chi connectivity index (χ3n) is 1.31. The van der Waals surface area contributed by atoms with Gasteiger partial charge in [0.05, 0.1) is 9.92 Å². The maximum atomic E-state index is 10.8. The highest BCUT2D eigenvalue weighted by molar-refractivity contribution is 7.82. The van der Waals surface area contributed by atoms with Crippen molar-refractivity contribution in [2.24, 2.45) is 5.14 Å². The van der Waals surface area contributed by atoms with Gasteiger partial charge >= 0.3 is 0 Å². The maximum absolute atomic E-state index is 10.8. The Labute approximate surface area is 77.1 Å². The van der Waals surface area contributed by atoms with Gasteiger partial charge in [0.2, 0.25) is 0 Å². The molecule has 2 N–H and O–H groups in total. The fourth-order valence-electron chi connectivity index (χ4n) is 0.747. The van der Waals surface area contributed by atoms with Crippen LogP contribution in [0.3, 0.4) is 0 Å². The number of carbonyl (C=O) groups is 1. The molecule has 0 amide bonds. The molecule has 0 aromatic heterocycles. The summed E-state index contributed by atoms with van der Waals surface area (Å²) in [5.74, 6) is 0. The second kappa shape index (κ2) is 3.80. The molecule has 1 atom stereocenters. The molecule has 0 radical (unpaired) electrons. The van der Waals surface area contributed by atoms with Gasteiger partial charge in [-0.15, -0.1) is 0 Å². The summed E-state index contributed by atoms with van der Waals surface area (Å²) in [6, 6.07) is 4.43. The Morgan fingerprint density at radius 1 is 1.50 bits per heavy atom. The van der Waals surface area contributed by atoms with Crippen molar-refractivity contribution >= 4 is 28.9 Å². The minimum Gasteiger partial charge on any atom is -0.298 e. The number of nitrogens with two attached hydrogens (primary N) is 1. The van der Waals surface area contributed by atoms with Crippen molar-refractivity contribution in [3.63, 3.8) is 0 Å². The van der Waals surface area contributed by atoms with E-state index in [1.165, 1.54) is 18.2 Å². The first-order valence-electron chi connectivity index (χ1n) is 3.06. The largest absolute Gasteiger partial charge is 0.298 e. The summed E-state index contributed by atoms with van der Waals surface area (Å²) in [4.78, 5) is 10.6. The molecule has 0 saturated carbocycles. The Kier molecular flexibility index (Phi) is 2.97. The quantitative estimate of drug-likeness (QED) is 0.733. The minimum absolute atomic E-state index is 0.279. The monoisotopic (exact) mass is 203 g/mol. The molecule has 1 aromatic rings. The summed E-state index contributed by atoms with van der Waals surface area (Å²) in [5, 5.41) is 5.42. The molecule has 0 heterocycles. The third kappa shape index (κ3) is 1.91. The average Bonchev–Trinajstić information content (AvgIpc) is 2.05. The molecule has 1 rings (SSSR count). The highest BCUT2D eigenvalue weighted by Gasteiger charge is 2.05. The molecule has 5 heteroatoms. The predicted molar refractivity (Wildman–Crippen MR) is 47.4 cm³/mol. The second-order valence-electron chi connectivity index (χ2n) is 2.11. The van der Waals surface area contributed by atoms with E-state index in [-0.39, 0.29) is 4.90 Å². The van der Waals surface area contributed by atoms with Crippen molar-refractivity contribution in [2.75, 3.05) is 0 Å². The fourth-order valence-corrected chi connectivity index (χ4v) is 1.61. The molecule has 0 aliphatic rings. The molecule has 0 aliphatic carbocycles. The van der Waals surface area contributed by atoms with Gasteiger partial charge in [0, 0.05) is 5.56 Å². The smallest absolute Gasteiger partial charge is 0.150 e. The molecule has 0 aliphatic heterocycles. The normalized spacial score (nSPS) is 12.5. The van der Waals surface area contributed by atoms with Gasteiger partial charge in [-0.2, -0.15) is 0 Å². The Bertz CT molecular complexity index is 340.